The Bertz CT molecular complexity index is 728. The van der Waals surface area contributed by atoms with Crippen LogP contribution in [0.25, 0.3) is 16.6 Å². The maximum Gasteiger partial charge on any atom is 0.392 e. The van der Waals surface area contributed by atoms with Crippen LogP contribution >= 0.6 is 0 Å². The first-order valence-electron chi connectivity index (χ1n) is 6.19. The Morgan fingerprint density at radius 1 is 1.19 bits per heavy atom. The molecule has 2 aromatic carbocycles. The number of diazo groups is 1. The van der Waals surface area contributed by atoms with Crippen molar-refractivity contribution in [3.63, 3.8) is 0 Å². The quantitative estimate of drug-likeness (QED) is 0.525. The largest absolute Gasteiger partial charge is 0.497 e. The zero-order valence-electron chi connectivity index (χ0n) is 11.4. The molecule has 0 aromatic heterocycles. The lowest BCUT2D eigenvalue weighted by Crippen LogP contribution is -1.99. The van der Waals surface area contributed by atoms with Crippen LogP contribution in [0.1, 0.15) is 11.1 Å². The minimum Gasteiger partial charge on any atom is -0.497 e. The van der Waals surface area contributed by atoms with Gasteiger partial charge in [-0.25, -0.2) is 4.79 Å². The van der Waals surface area contributed by atoms with Crippen LogP contribution in [0.2, 0.25) is 0 Å². The number of nitrogens with zero attached hydrogens (tertiary/aromatic N) is 2. The summed E-state index contributed by atoms with van der Waals surface area (Å²) in [7, 11) is 1.54. The molecule has 0 fully saturated rings. The van der Waals surface area contributed by atoms with Crippen LogP contribution in [0.3, 0.4) is 0 Å². The molecule has 21 heavy (non-hydrogen) atoms. The number of hydrogen-bond acceptors (Lipinski definition) is 3. The van der Waals surface area contributed by atoms with E-state index in [1.807, 2.05) is 0 Å². The number of carboxylic acid groups (broad SMARTS) is 1. The molecule has 0 unspecified atom stereocenters. The standard InChI is InChI=1S/C16H12N2O3/c1-21-13-8-6-11(7-9-13)14(16(19)20)10-12-4-2-3-5-15(12)18-17/h2-10H,1H3/p+1/b14-10+. The topological polar surface area (TPSA) is 74.7 Å². The normalized spacial score (nSPS) is 10.8. The highest BCUT2D eigenvalue weighted by atomic mass is 16.5. The molecule has 0 bridgehead atoms. The Kier molecular flexibility index (Phi) is 4.32. The molecule has 5 heteroatoms. The van der Waals surface area contributed by atoms with Gasteiger partial charge in [0.2, 0.25) is 5.39 Å². The summed E-state index contributed by atoms with van der Waals surface area (Å²) in [5.41, 5.74) is 1.47. The fourth-order valence-corrected chi connectivity index (χ4v) is 1.90. The second-order valence-electron chi connectivity index (χ2n) is 4.25. The molecule has 0 aliphatic heterocycles. The summed E-state index contributed by atoms with van der Waals surface area (Å²) in [5, 5.41) is 18.3. The van der Waals surface area contributed by atoms with Crippen molar-refractivity contribution in [2.45, 2.75) is 0 Å². The molecular weight excluding hydrogens is 268 g/mol. The molecule has 0 heterocycles. The number of benzene rings is 2. The minimum absolute atomic E-state index is 0.105. The predicted molar refractivity (Wildman–Crippen MR) is 79.7 cm³/mol. The molecular formula is C16H13N2O3+. The van der Waals surface area contributed by atoms with E-state index in [0.717, 1.165) is 0 Å². The number of hydrogen-bond donors (Lipinski definition) is 1. The highest BCUT2D eigenvalue weighted by Gasteiger charge is 2.15. The first-order valence-corrected chi connectivity index (χ1v) is 6.19. The van der Waals surface area contributed by atoms with Gasteiger partial charge in [0, 0.05) is 6.07 Å². The van der Waals surface area contributed by atoms with E-state index in [4.69, 9.17) is 10.1 Å². The maximum atomic E-state index is 11.5. The number of carbonyl (C=O) groups is 1. The molecule has 2 rings (SSSR count). The zero-order chi connectivity index (χ0) is 15.2. The SMILES string of the molecule is COc1ccc(/C(=C\c2ccccc2[N+]#N)C(=O)O)cc1. The lowest BCUT2D eigenvalue weighted by molar-refractivity contribution is -0.130. The first-order chi connectivity index (χ1) is 10.2. The fourth-order valence-electron chi connectivity index (χ4n) is 1.90. The molecule has 1 N–H and O–H groups in total. The van der Waals surface area contributed by atoms with Crippen molar-refractivity contribution in [1.29, 1.82) is 5.39 Å². The monoisotopic (exact) mass is 281 g/mol. The van der Waals surface area contributed by atoms with Gasteiger partial charge >= 0.3 is 11.7 Å². The average Bonchev–Trinajstić information content (AvgIpc) is 2.53. The van der Waals surface area contributed by atoms with Crippen molar-refractivity contribution >= 4 is 23.3 Å². The van der Waals surface area contributed by atoms with E-state index in [1.165, 1.54) is 6.08 Å². The Morgan fingerprint density at radius 2 is 1.86 bits per heavy atom. The van der Waals surface area contributed by atoms with E-state index < -0.39 is 5.97 Å². The van der Waals surface area contributed by atoms with Crippen molar-refractivity contribution in [2.75, 3.05) is 7.11 Å². The van der Waals surface area contributed by atoms with Gasteiger partial charge in [-0.15, -0.1) is 0 Å². The van der Waals surface area contributed by atoms with Gasteiger partial charge < -0.3 is 9.84 Å². The van der Waals surface area contributed by atoms with Crippen molar-refractivity contribution in [2.24, 2.45) is 0 Å². The Hall–Kier alpha value is -3.13. The molecule has 0 radical (unpaired) electrons. The molecule has 0 spiro atoms. The van der Waals surface area contributed by atoms with Crippen LogP contribution in [-0.4, -0.2) is 18.2 Å². The van der Waals surface area contributed by atoms with E-state index >= 15 is 0 Å². The number of methoxy groups -OCH3 is 1. The lowest BCUT2D eigenvalue weighted by atomic mass is 10.0. The minimum atomic E-state index is -1.06. The Morgan fingerprint density at radius 3 is 2.43 bits per heavy atom. The Balaban J connectivity index is 2.50. The maximum absolute atomic E-state index is 11.5. The highest BCUT2D eigenvalue weighted by molar-refractivity contribution is 6.21. The zero-order valence-corrected chi connectivity index (χ0v) is 11.4. The van der Waals surface area contributed by atoms with E-state index in [2.05, 4.69) is 4.98 Å². The molecule has 0 amide bonds. The number of carboxylic acids is 1. The number of aliphatic carboxylic acids is 1. The summed E-state index contributed by atoms with van der Waals surface area (Å²) >= 11 is 0. The van der Waals surface area contributed by atoms with Gasteiger partial charge in [0.25, 0.3) is 0 Å². The predicted octanol–water partition coefficient (Wildman–Crippen LogP) is 3.80. The lowest BCUT2D eigenvalue weighted by Gasteiger charge is -2.04. The third-order valence-electron chi connectivity index (χ3n) is 2.98. The van der Waals surface area contributed by atoms with Crippen molar-refractivity contribution in [1.82, 2.24) is 0 Å². The van der Waals surface area contributed by atoms with Gasteiger partial charge in [0.05, 0.1) is 18.2 Å². The second-order valence-corrected chi connectivity index (χ2v) is 4.25. The van der Waals surface area contributed by atoms with Crippen LogP contribution in [0, 0.1) is 5.39 Å². The second kappa shape index (κ2) is 6.35. The molecule has 0 atom stereocenters. The fraction of sp³-hybridized carbons (Fsp3) is 0.0625. The summed E-state index contributed by atoms with van der Waals surface area (Å²) in [5.74, 6) is -0.415. The van der Waals surface area contributed by atoms with Gasteiger partial charge in [-0.1, -0.05) is 24.3 Å². The molecule has 0 aliphatic rings. The van der Waals surface area contributed by atoms with Gasteiger partial charge in [0.1, 0.15) is 5.75 Å². The summed E-state index contributed by atoms with van der Waals surface area (Å²) in [4.78, 5) is 14.6. The van der Waals surface area contributed by atoms with E-state index in [-0.39, 0.29) is 5.57 Å². The van der Waals surface area contributed by atoms with Crippen LogP contribution in [0.4, 0.5) is 5.69 Å². The van der Waals surface area contributed by atoms with E-state index in [0.29, 0.717) is 22.6 Å². The third kappa shape index (κ3) is 3.25. The molecule has 0 aliphatic carbocycles. The summed E-state index contributed by atoms with van der Waals surface area (Å²) in [6.07, 6.45) is 1.47. The molecule has 0 saturated heterocycles. The molecule has 104 valence electrons. The van der Waals surface area contributed by atoms with Crippen LogP contribution in [0.15, 0.2) is 48.5 Å². The number of rotatable bonds is 4. The third-order valence-corrected chi connectivity index (χ3v) is 2.98. The molecule has 0 saturated carbocycles. The van der Waals surface area contributed by atoms with Crippen LogP contribution in [0.5, 0.6) is 5.75 Å². The smallest absolute Gasteiger partial charge is 0.392 e. The summed E-state index contributed by atoms with van der Waals surface area (Å²) < 4.78 is 5.05. The van der Waals surface area contributed by atoms with Gasteiger partial charge in [-0.2, -0.15) is 0 Å². The van der Waals surface area contributed by atoms with Crippen molar-refractivity contribution in [3.8, 4) is 5.75 Å². The molecule has 5 nitrogen and oxygen atoms in total. The molecule has 2 aromatic rings. The van der Waals surface area contributed by atoms with E-state index in [1.54, 1.807) is 55.6 Å². The van der Waals surface area contributed by atoms with Crippen molar-refractivity contribution in [3.05, 3.63) is 64.6 Å². The Labute approximate surface area is 121 Å². The summed E-state index contributed by atoms with van der Waals surface area (Å²) in [6, 6.07) is 13.4. The first kappa shape index (κ1) is 14.3. The van der Waals surface area contributed by atoms with E-state index in [9.17, 15) is 9.90 Å². The average molecular weight is 281 g/mol. The van der Waals surface area contributed by atoms with Gasteiger partial charge in [-0.05, 0) is 29.8 Å². The van der Waals surface area contributed by atoms with Gasteiger partial charge in [0.15, 0.2) is 4.98 Å². The van der Waals surface area contributed by atoms with Crippen LogP contribution in [-0.2, 0) is 4.79 Å². The number of ether oxygens (including phenoxy) is 1. The van der Waals surface area contributed by atoms with Crippen LogP contribution < -0.4 is 4.74 Å². The highest BCUT2D eigenvalue weighted by Crippen LogP contribution is 2.26. The summed E-state index contributed by atoms with van der Waals surface area (Å²) in [6.45, 7) is 0. The van der Waals surface area contributed by atoms with Crippen molar-refractivity contribution < 1.29 is 14.6 Å². The van der Waals surface area contributed by atoms with Gasteiger partial charge in [-0.3, -0.25) is 0 Å².